The summed E-state index contributed by atoms with van der Waals surface area (Å²) in [5.41, 5.74) is 8.07. The Bertz CT molecular complexity index is 1110. The Morgan fingerprint density at radius 1 is 1.16 bits per heavy atom. The van der Waals surface area contributed by atoms with E-state index in [1.807, 2.05) is 39.0 Å². The maximum atomic E-state index is 12.9. The Hall–Kier alpha value is -3.52. The molecule has 3 aromatic rings. The van der Waals surface area contributed by atoms with Gasteiger partial charge in [0.15, 0.2) is 0 Å². The Morgan fingerprint density at radius 3 is 2.62 bits per heavy atom. The number of nitrogens with one attached hydrogen (secondary N) is 1. The smallest absolute Gasteiger partial charge is 0.252 e. The van der Waals surface area contributed by atoms with Crippen LogP contribution in [0.2, 0.25) is 0 Å². The number of aryl methyl sites for hydroxylation is 1. The first-order chi connectivity index (χ1) is 15.2. The lowest BCUT2D eigenvalue weighted by Crippen LogP contribution is -2.47. The molecule has 8 nitrogen and oxygen atoms in total. The van der Waals surface area contributed by atoms with Crippen LogP contribution in [0.15, 0.2) is 42.5 Å². The summed E-state index contributed by atoms with van der Waals surface area (Å²) in [5.74, 6) is 1.22. The Kier molecular flexibility index (Phi) is 7.05. The summed E-state index contributed by atoms with van der Waals surface area (Å²) in [6.07, 6.45) is 0. The summed E-state index contributed by atoms with van der Waals surface area (Å²) in [7, 11) is 1.51. The Morgan fingerprint density at radius 2 is 1.91 bits per heavy atom. The van der Waals surface area contributed by atoms with Gasteiger partial charge in [0.1, 0.15) is 30.5 Å². The van der Waals surface area contributed by atoms with Crippen molar-refractivity contribution in [2.75, 3.05) is 32.7 Å². The number of ether oxygens (including phenoxy) is 3. The molecule has 0 aliphatic heterocycles. The van der Waals surface area contributed by atoms with E-state index in [1.54, 1.807) is 24.3 Å². The largest absolute Gasteiger partial charge is 0.497 e. The SMILES string of the molecule is COc1cc(OCCO)cc(C(=O)NC(C)(C)COc2cccc3nc(C)cc(N)c23)c1. The molecular formula is C24H29N3O5. The number of nitrogens with zero attached hydrogens (tertiary/aromatic N) is 1. The monoisotopic (exact) mass is 439 g/mol. The van der Waals surface area contributed by atoms with Crippen molar-refractivity contribution >= 4 is 22.5 Å². The highest BCUT2D eigenvalue weighted by molar-refractivity contribution is 5.96. The first kappa shape index (κ1) is 23.1. The normalized spacial score (nSPS) is 11.3. The van der Waals surface area contributed by atoms with Gasteiger partial charge < -0.3 is 30.4 Å². The minimum absolute atomic E-state index is 0.121. The fraction of sp³-hybridized carbons (Fsp3) is 0.333. The minimum atomic E-state index is -0.693. The number of amides is 1. The lowest BCUT2D eigenvalue weighted by molar-refractivity contribution is 0.0880. The van der Waals surface area contributed by atoms with Gasteiger partial charge in [0.05, 0.1) is 30.2 Å². The molecule has 0 bridgehead atoms. The molecule has 0 radical (unpaired) electrons. The Labute approximate surface area is 187 Å². The molecular weight excluding hydrogens is 410 g/mol. The number of fused-ring (bicyclic) bond motifs is 1. The Balaban J connectivity index is 1.74. The predicted octanol–water partition coefficient (Wildman–Crippen LogP) is 3.09. The number of aliphatic hydroxyl groups excluding tert-OH is 1. The van der Waals surface area contributed by atoms with Gasteiger partial charge in [-0.15, -0.1) is 0 Å². The van der Waals surface area contributed by atoms with Crippen LogP contribution in [0, 0.1) is 6.92 Å². The zero-order chi connectivity index (χ0) is 23.3. The number of hydrogen-bond acceptors (Lipinski definition) is 7. The van der Waals surface area contributed by atoms with Crippen molar-refractivity contribution < 1.29 is 24.1 Å². The van der Waals surface area contributed by atoms with Crippen molar-refractivity contribution in [2.24, 2.45) is 0 Å². The van der Waals surface area contributed by atoms with Crippen LogP contribution in [-0.4, -0.2) is 48.5 Å². The van der Waals surface area contributed by atoms with Gasteiger partial charge in [0.2, 0.25) is 0 Å². The van der Waals surface area contributed by atoms with Crippen LogP contribution in [0.25, 0.3) is 10.9 Å². The van der Waals surface area contributed by atoms with Crippen LogP contribution in [0.1, 0.15) is 29.9 Å². The van der Waals surface area contributed by atoms with E-state index < -0.39 is 5.54 Å². The molecule has 0 saturated heterocycles. The van der Waals surface area contributed by atoms with Crippen LogP contribution < -0.4 is 25.3 Å². The summed E-state index contributed by atoms with van der Waals surface area (Å²) in [6.45, 7) is 5.83. The lowest BCUT2D eigenvalue weighted by atomic mass is 10.1. The second kappa shape index (κ2) is 9.74. The maximum absolute atomic E-state index is 12.9. The third kappa shape index (κ3) is 5.59. The molecule has 2 aromatic carbocycles. The summed E-state index contributed by atoms with van der Waals surface area (Å²) < 4.78 is 16.7. The molecule has 1 heterocycles. The number of hydrogen-bond donors (Lipinski definition) is 3. The molecule has 4 N–H and O–H groups in total. The van der Waals surface area contributed by atoms with Gasteiger partial charge in [-0.1, -0.05) is 6.07 Å². The highest BCUT2D eigenvalue weighted by Gasteiger charge is 2.24. The van der Waals surface area contributed by atoms with E-state index in [4.69, 9.17) is 25.1 Å². The molecule has 0 saturated carbocycles. The number of carbonyl (C=O) groups excluding carboxylic acids is 1. The van der Waals surface area contributed by atoms with E-state index in [9.17, 15) is 4.79 Å². The quantitative estimate of drug-likeness (QED) is 0.469. The number of benzene rings is 2. The summed E-state index contributed by atoms with van der Waals surface area (Å²) >= 11 is 0. The summed E-state index contributed by atoms with van der Waals surface area (Å²) in [6, 6.07) is 12.3. The van der Waals surface area contributed by atoms with E-state index in [0.717, 1.165) is 16.6 Å². The molecule has 0 spiro atoms. The fourth-order valence-electron chi connectivity index (χ4n) is 3.28. The maximum Gasteiger partial charge on any atom is 0.252 e. The topological polar surface area (TPSA) is 116 Å². The van der Waals surface area contributed by atoms with Gasteiger partial charge in [-0.3, -0.25) is 9.78 Å². The van der Waals surface area contributed by atoms with Crippen LogP contribution in [0.4, 0.5) is 5.69 Å². The molecule has 0 atom stereocenters. The first-order valence-corrected chi connectivity index (χ1v) is 10.3. The van der Waals surface area contributed by atoms with Gasteiger partial charge in [-0.25, -0.2) is 0 Å². The van der Waals surface area contributed by atoms with E-state index in [2.05, 4.69) is 10.3 Å². The number of carbonyl (C=O) groups is 1. The standard InChI is InChI=1S/C24H29N3O5/c1-15-10-19(25)22-20(26-15)6-5-7-21(22)32-14-24(2,3)27-23(29)16-11-17(30-4)13-18(12-16)31-9-8-28/h5-7,10-13,28H,8-9,14H2,1-4H3,(H2,25,26)(H,27,29). The van der Waals surface area contributed by atoms with Crippen molar-refractivity contribution in [3.8, 4) is 17.2 Å². The third-order valence-corrected chi connectivity index (χ3v) is 4.73. The molecule has 32 heavy (non-hydrogen) atoms. The zero-order valence-electron chi connectivity index (χ0n) is 18.8. The average Bonchev–Trinajstić information content (AvgIpc) is 2.75. The first-order valence-electron chi connectivity index (χ1n) is 10.3. The number of pyridine rings is 1. The highest BCUT2D eigenvalue weighted by Crippen LogP contribution is 2.31. The summed E-state index contributed by atoms with van der Waals surface area (Å²) in [4.78, 5) is 17.4. The second-order valence-corrected chi connectivity index (χ2v) is 8.10. The lowest BCUT2D eigenvalue weighted by Gasteiger charge is -2.27. The molecule has 0 aliphatic rings. The number of aromatic nitrogens is 1. The van der Waals surface area contributed by atoms with Crippen LogP contribution >= 0.6 is 0 Å². The van der Waals surface area contributed by atoms with Crippen LogP contribution in [0.5, 0.6) is 17.2 Å². The molecule has 0 aliphatic carbocycles. The summed E-state index contributed by atoms with van der Waals surface area (Å²) in [5, 5.41) is 12.7. The van der Waals surface area contributed by atoms with E-state index in [0.29, 0.717) is 28.5 Å². The number of rotatable bonds is 9. The van der Waals surface area contributed by atoms with Crippen LogP contribution in [-0.2, 0) is 0 Å². The molecule has 1 aromatic heterocycles. The third-order valence-electron chi connectivity index (χ3n) is 4.73. The van der Waals surface area contributed by atoms with Gasteiger partial charge >= 0.3 is 0 Å². The van der Waals surface area contributed by atoms with E-state index in [-0.39, 0.29) is 25.7 Å². The number of nitrogen functional groups attached to an aromatic ring is 1. The average molecular weight is 440 g/mol. The number of anilines is 1. The van der Waals surface area contributed by atoms with E-state index in [1.165, 1.54) is 7.11 Å². The molecule has 1 amide bonds. The van der Waals surface area contributed by atoms with Crippen molar-refractivity contribution in [3.05, 3.63) is 53.7 Å². The van der Waals surface area contributed by atoms with Gasteiger partial charge in [0, 0.05) is 23.0 Å². The van der Waals surface area contributed by atoms with Gasteiger partial charge in [0.25, 0.3) is 5.91 Å². The highest BCUT2D eigenvalue weighted by atomic mass is 16.5. The minimum Gasteiger partial charge on any atom is -0.497 e. The van der Waals surface area contributed by atoms with Crippen molar-refractivity contribution in [1.82, 2.24) is 10.3 Å². The zero-order valence-corrected chi connectivity index (χ0v) is 18.8. The molecule has 0 fully saturated rings. The van der Waals surface area contributed by atoms with Gasteiger partial charge in [-0.05, 0) is 51.1 Å². The van der Waals surface area contributed by atoms with E-state index >= 15 is 0 Å². The van der Waals surface area contributed by atoms with Crippen LogP contribution in [0.3, 0.4) is 0 Å². The van der Waals surface area contributed by atoms with Gasteiger partial charge in [-0.2, -0.15) is 0 Å². The van der Waals surface area contributed by atoms with Crippen molar-refractivity contribution in [1.29, 1.82) is 0 Å². The molecule has 3 rings (SSSR count). The number of nitrogens with two attached hydrogens (primary N) is 1. The van der Waals surface area contributed by atoms with Crippen molar-refractivity contribution in [3.63, 3.8) is 0 Å². The number of methoxy groups -OCH3 is 1. The molecule has 0 unspecified atom stereocenters. The fourth-order valence-corrected chi connectivity index (χ4v) is 3.28. The molecule has 170 valence electrons. The molecule has 8 heteroatoms. The second-order valence-electron chi connectivity index (χ2n) is 8.10. The number of aliphatic hydroxyl groups is 1. The predicted molar refractivity (Wildman–Crippen MR) is 124 cm³/mol. The van der Waals surface area contributed by atoms with Crippen molar-refractivity contribution in [2.45, 2.75) is 26.3 Å².